The van der Waals surface area contributed by atoms with Gasteiger partial charge < -0.3 is 20.6 Å². The van der Waals surface area contributed by atoms with E-state index in [1.165, 1.54) is 276 Å². The largest absolute Gasteiger partial charge is 0.394 e. The number of hydrogen-bond acceptors (Lipinski definition) is 4. The molecule has 0 fully saturated rings. The Morgan fingerprint density at radius 2 is 0.597 bits per heavy atom. The zero-order valence-corrected chi connectivity index (χ0v) is 45.6. The fourth-order valence-corrected chi connectivity index (χ4v) is 9.81. The number of unbranched alkanes of at least 4 members (excludes halogenated alkanes) is 45. The standard InChI is InChI=1S/C62H121NO4/c1-3-5-7-9-11-13-15-17-19-21-23-24-25-26-27-28-29-30-31-32-33-34-35-36-37-38-39-41-43-45-47-49-51-53-55-57-61(66)63-59(58-64)62(67)60(65)56-54-52-50-48-46-44-42-40-22-20-18-16-14-12-10-8-6-4-2/h28-29,48,50,59-60,62,64-65,67H,3-27,30-47,49,51-58H2,1-2H3,(H,63,66)/b29-28-,50-48+. The van der Waals surface area contributed by atoms with Gasteiger partial charge in [-0.3, -0.25) is 4.79 Å². The lowest BCUT2D eigenvalue weighted by molar-refractivity contribution is -0.124. The molecule has 0 aliphatic carbocycles. The second-order valence-corrected chi connectivity index (χ2v) is 21.3. The molecule has 3 atom stereocenters. The van der Waals surface area contributed by atoms with Crippen molar-refractivity contribution in [3.63, 3.8) is 0 Å². The van der Waals surface area contributed by atoms with Gasteiger partial charge in [0.1, 0.15) is 6.10 Å². The normalized spacial score (nSPS) is 13.3. The molecule has 0 aliphatic heterocycles. The first-order valence-corrected chi connectivity index (χ1v) is 30.6. The summed E-state index contributed by atoms with van der Waals surface area (Å²) in [4.78, 5) is 12.5. The number of hydrogen-bond donors (Lipinski definition) is 4. The number of amides is 1. The van der Waals surface area contributed by atoms with Gasteiger partial charge >= 0.3 is 0 Å². The molecule has 398 valence electrons. The van der Waals surface area contributed by atoms with E-state index in [0.717, 1.165) is 38.5 Å². The first-order chi connectivity index (χ1) is 33.1. The van der Waals surface area contributed by atoms with Crippen LogP contribution in [-0.4, -0.2) is 46.1 Å². The highest BCUT2D eigenvalue weighted by Gasteiger charge is 2.26. The molecule has 5 nitrogen and oxygen atoms in total. The Morgan fingerprint density at radius 1 is 0.358 bits per heavy atom. The number of carbonyl (C=O) groups is 1. The summed E-state index contributed by atoms with van der Waals surface area (Å²) < 4.78 is 0. The van der Waals surface area contributed by atoms with Crippen molar-refractivity contribution in [2.24, 2.45) is 0 Å². The molecule has 0 aromatic rings. The minimum Gasteiger partial charge on any atom is -0.394 e. The Balaban J connectivity index is 3.48. The van der Waals surface area contributed by atoms with Crippen molar-refractivity contribution in [3.8, 4) is 0 Å². The van der Waals surface area contributed by atoms with Gasteiger partial charge in [0.05, 0.1) is 18.8 Å². The Morgan fingerprint density at radius 3 is 0.866 bits per heavy atom. The summed E-state index contributed by atoms with van der Waals surface area (Å²) >= 11 is 0. The molecule has 0 aliphatic rings. The van der Waals surface area contributed by atoms with Crippen LogP contribution in [0.4, 0.5) is 0 Å². The molecule has 1 amide bonds. The summed E-state index contributed by atoms with van der Waals surface area (Å²) in [6.07, 6.45) is 73.7. The molecule has 0 aromatic carbocycles. The minimum absolute atomic E-state index is 0.148. The smallest absolute Gasteiger partial charge is 0.220 e. The number of carbonyl (C=O) groups excluding carboxylic acids is 1. The van der Waals surface area contributed by atoms with Crippen molar-refractivity contribution < 1.29 is 20.1 Å². The van der Waals surface area contributed by atoms with Crippen LogP contribution in [0.15, 0.2) is 24.3 Å². The number of nitrogens with one attached hydrogen (secondary N) is 1. The van der Waals surface area contributed by atoms with Crippen molar-refractivity contribution in [2.45, 2.75) is 360 Å². The third-order valence-electron chi connectivity index (χ3n) is 14.5. The molecule has 67 heavy (non-hydrogen) atoms. The average molecular weight is 945 g/mol. The zero-order chi connectivity index (χ0) is 48.6. The monoisotopic (exact) mass is 944 g/mol. The first kappa shape index (κ1) is 65.8. The van der Waals surface area contributed by atoms with E-state index in [1.807, 2.05) is 0 Å². The van der Waals surface area contributed by atoms with Crippen molar-refractivity contribution in [1.82, 2.24) is 5.32 Å². The maximum atomic E-state index is 12.5. The topological polar surface area (TPSA) is 89.8 Å². The quantitative estimate of drug-likeness (QED) is 0.0361. The van der Waals surface area contributed by atoms with Crippen molar-refractivity contribution >= 4 is 5.91 Å². The summed E-state index contributed by atoms with van der Waals surface area (Å²) in [5.41, 5.74) is 0. The Labute approximate surface area is 420 Å². The second-order valence-electron chi connectivity index (χ2n) is 21.3. The molecule has 0 bridgehead atoms. The molecular weight excluding hydrogens is 823 g/mol. The van der Waals surface area contributed by atoms with Gasteiger partial charge in [-0.1, -0.05) is 295 Å². The van der Waals surface area contributed by atoms with Crippen LogP contribution in [0.2, 0.25) is 0 Å². The molecule has 5 heteroatoms. The van der Waals surface area contributed by atoms with Crippen molar-refractivity contribution in [3.05, 3.63) is 24.3 Å². The van der Waals surface area contributed by atoms with Crippen LogP contribution in [-0.2, 0) is 4.79 Å². The summed E-state index contributed by atoms with van der Waals surface area (Å²) in [6.45, 7) is 4.21. The second kappa shape index (κ2) is 57.4. The van der Waals surface area contributed by atoms with E-state index >= 15 is 0 Å². The van der Waals surface area contributed by atoms with Crippen molar-refractivity contribution in [1.29, 1.82) is 0 Å². The van der Waals surface area contributed by atoms with E-state index < -0.39 is 18.2 Å². The average Bonchev–Trinajstić information content (AvgIpc) is 3.33. The van der Waals surface area contributed by atoms with Gasteiger partial charge in [-0.15, -0.1) is 0 Å². The molecule has 0 saturated heterocycles. The third kappa shape index (κ3) is 52.5. The van der Waals surface area contributed by atoms with E-state index in [-0.39, 0.29) is 12.5 Å². The SMILES string of the molecule is CCCCCCCCCCCCCCC/C=C/CCCC(O)C(O)C(CO)NC(=O)CCCCCCCCCCCCCCCCCCC/C=C\CCCCCCCCCCCCCCCC. The molecule has 0 spiro atoms. The Hall–Kier alpha value is -1.17. The van der Waals surface area contributed by atoms with Gasteiger partial charge in [-0.05, 0) is 64.2 Å². The Kier molecular flexibility index (Phi) is 56.4. The number of rotatable bonds is 57. The predicted octanol–water partition coefficient (Wildman–Crippen LogP) is 19.2. The lowest BCUT2D eigenvalue weighted by Gasteiger charge is -2.26. The number of aliphatic hydroxyl groups excluding tert-OH is 3. The van der Waals surface area contributed by atoms with E-state index in [9.17, 15) is 20.1 Å². The van der Waals surface area contributed by atoms with E-state index in [0.29, 0.717) is 12.8 Å². The molecule has 4 N–H and O–H groups in total. The number of allylic oxidation sites excluding steroid dienone is 4. The predicted molar refractivity (Wildman–Crippen MR) is 296 cm³/mol. The van der Waals surface area contributed by atoms with Gasteiger partial charge in [-0.2, -0.15) is 0 Å². The van der Waals surface area contributed by atoms with Crippen LogP contribution < -0.4 is 5.32 Å². The van der Waals surface area contributed by atoms with Crippen LogP contribution in [0.5, 0.6) is 0 Å². The molecule has 3 unspecified atom stereocenters. The van der Waals surface area contributed by atoms with Crippen molar-refractivity contribution in [2.75, 3.05) is 6.61 Å². The summed E-state index contributed by atoms with van der Waals surface area (Å²) in [5, 5.41) is 33.8. The molecule has 0 heterocycles. The van der Waals surface area contributed by atoms with Gasteiger partial charge in [-0.25, -0.2) is 0 Å². The van der Waals surface area contributed by atoms with E-state index in [2.05, 4.69) is 43.5 Å². The first-order valence-electron chi connectivity index (χ1n) is 30.6. The summed E-state index contributed by atoms with van der Waals surface area (Å²) in [6, 6.07) is -0.824. The lowest BCUT2D eigenvalue weighted by atomic mass is 10.0. The lowest BCUT2D eigenvalue weighted by Crippen LogP contribution is -2.50. The highest BCUT2D eigenvalue weighted by molar-refractivity contribution is 5.76. The Bertz CT molecular complexity index is 998. The third-order valence-corrected chi connectivity index (χ3v) is 14.5. The highest BCUT2D eigenvalue weighted by Crippen LogP contribution is 2.18. The maximum Gasteiger partial charge on any atom is 0.220 e. The fourth-order valence-electron chi connectivity index (χ4n) is 9.81. The molecular formula is C62H121NO4. The van der Waals surface area contributed by atoms with Crippen LogP contribution in [0.1, 0.15) is 341 Å². The van der Waals surface area contributed by atoms with Gasteiger partial charge in [0.2, 0.25) is 5.91 Å². The molecule has 0 rings (SSSR count). The zero-order valence-electron chi connectivity index (χ0n) is 45.6. The molecule has 0 saturated carbocycles. The fraction of sp³-hybridized carbons (Fsp3) is 0.919. The molecule has 0 radical (unpaired) electrons. The minimum atomic E-state index is -1.16. The molecule has 0 aromatic heterocycles. The van der Waals surface area contributed by atoms with Gasteiger partial charge in [0, 0.05) is 6.42 Å². The van der Waals surface area contributed by atoms with Crippen LogP contribution in [0.25, 0.3) is 0 Å². The number of aliphatic hydroxyl groups is 3. The van der Waals surface area contributed by atoms with Gasteiger partial charge in [0.25, 0.3) is 0 Å². The maximum absolute atomic E-state index is 12.5. The van der Waals surface area contributed by atoms with Crippen LogP contribution in [0.3, 0.4) is 0 Å². The summed E-state index contributed by atoms with van der Waals surface area (Å²) in [5.74, 6) is -0.148. The van der Waals surface area contributed by atoms with Crippen LogP contribution >= 0.6 is 0 Å². The van der Waals surface area contributed by atoms with Gasteiger partial charge in [0.15, 0.2) is 0 Å². The van der Waals surface area contributed by atoms with E-state index in [4.69, 9.17) is 0 Å². The summed E-state index contributed by atoms with van der Waals surface area (Å²) in [7, 11) is 0. The van der Waals surface area contributed by atoms with E-state index in [1.54, 1.807) is 0 Å². The highest BCUT2D eigenvalue weighted by atomic mass is 16.3. The van der Waals surface area contributed by atoms with Crippen LogP contribution in [0, 0.1) is 0 Å².